The first-order chi connectivity index (χ1) is 10.1. The maximum absolute atomic E-state index is 12.6. The van der Waals surface area contributed by atoms with Crippen LogP contribution in [-0.2, 0) is 13.2 Å². The minimum atomic E-state index is -4.57. The molecule has 9 heteroatoms. The molecule has 2 aromatic rings. The molecule has 118 valence electrons. The molecule has 0 aliphatic heterocycles. The van der Waals surface area contributed by atoms with Crippen LogP contribution in [0.3, 0.4) is 0 Å². The van der Waals surface area contributed by atoms with Crippen molar-refractivity contribution in [2.75, 3.05) is 0 Å². The number of hydrogen-bond acceptors (Lipinski definition) is 4. The molecule has 0 amide bonds. The lowest BCUT2D eigenvalue weighted by atomic mass is 10.1. The topological polar surface area (TPSA) is 70.2 Å². The second-order valence-corrected chi connectivity index (χ2v) is 4.75. The third-order valence-corrected chi connectivity index (χ3v) is 3.03. The van der Waals surface area contributed by atoms with Crippen LogP contribution in [0.5, 0.6) is 11.6 Å². The molecule has 0 fully saturated rings. The smallest absolute Gasteiger partial charge is 0.435 e. The third kappa shape index (κ3) is 3.02. The Balaban J connectivity index is 2.38. The standard InChI is InChI=1S/C13H12F3N3O3/c1-7-5-10(8(2)4-9(7)19(20)21)22-12-6-11(13(14,15)16)17-18(12)3/h4-6H,1-3H3. The van der Waals surface area contributed by atoms with Crippen molar-refractivity contribution in [3.8, 4) is 11.6 Å². The van der Waals surface area contributed by atoms with Gasteiger partial charge in [-0.05, 0) is 25.5 Å². The Labute approximate surface area is 123 Å². The van der Waals surface area contributed by atoms with E-state index in [0.717, 1.165) is 10.7 Å². The van der Waals surface area contributed by atoms with Crippen LogP contribution in [0.4, 0.5) is 18.9 Å². The summed E-state index contributed by atoms with van der Waals surface area (Å²) in [7, 11) is 1.32. The summed E-state index contributed by atoms with van der Waals surface area (Å²) in [5.41, 5.74) is -0.358. The summed E-state index contributed by atoms with van der Waals surface area (Å²) in [6.45, 7) is 3.09. The van der Waals surface area contributed by atoms with E-state index in [4.69, 9.17) is 4.74 Å². The van der Waals surface area contributed by atoms with E-state index in [1.165, 1.54) is 26.1 Å². The predicted molar refractivity (Wildman–Crippen MR) is 70.9 cm³/mol. The minimum absolute atomic E-state index is 0.0779. The number of halogens is 3. The molecule has 0 bridgehead atoms. The van der Waals surface area contributed by atoms with Gasteiger partial charge in [-0.25, -0.2) is 4.68 Å². The second-order valence-electron chi connectivity index (χ2n) is 4.75. The molecule has 0 spiro atoms. The number of alkyl halides is 3. The zero-order valence-corrected chi connectivity index (χ0v) is 11.9. The van der Waals surface area contributed by atoms with Gasteiger partial charge in [0, 0.05) is 24.7 Å². The summed E-state index contributed by atoms with van der Waals surface area (Å²) in [6.07, 6.45) is -4.57. The zero-order chi connectivity index (χ0) is 16.7. The van der Waals surface area contributed by atoms with Gasteiger partial charge in [-0.2, -0.15) is 18.3 Å². The van der Waals surface area contributed by atoms with Crippen molar-refractivity contribution >= 4 is 5.69 Å². The molecule has 1 aromatic carbocycles. The van der Waals surface area contributed by atoms with Gasteiger partial charge in [0.2, 0.25) is 5.88 Å². The molecule has 0 saturated carbocycles. The summed E-state index contributed by atoms with van der Waals surface area (Å²) in [6, 6.07) is 3.50. The van der Waals surface area contributed by atoms with Crippen LogP contribution in [0.1, 0.15) is 16.8 Å². The highest BCUT2D eigenvalue weighted by molar-refractivity contribution is 5.50. The number of nitro benzene ring substituents is 1. The Morgan fingerprint density at radius 1 is 1.23 bits per heavy atom. The first kappa shape index (κ1) is 15.8. The van der Waals surface area contributed by atoms with Crippen molar-refractivity contribution in [2.24, 2.45) is 7.05 Å². The number of benzene rings is 1. The summed E-state index contributed by atoms with van der Waals surface area (Å²) in [5.74, 6) is 0.128. The van der Waals surface area contributed by atoms with Crippen molar-refractivity contribution in [1.29, 1.82) is 0 Å². The van der Waals surface area contributed by atoms with Gasteiger partial charge in [0.15, 0.2) is 5.69 Å². The monoisotopic (exact) mass is 315 g/mol. The molecule has 0 aliphatic carbocycles. The Kier molecular flexibility index (Phi) is 3.82. The molecule has 0 saturated heterocycles. The van der Waals surface area contributed by atoms with Crippen molar-refractivity contribution in [2.45, 2.75) is 20.0 Å². The summed E-state index contributed by atoms with van der Waals surface area (Å²) in [4.78, 5) is 10.3. The van der Waals surface area contributed by atoms with Crippen molar-refractivity contribution in [3.05, 3.63) is 45.1 Å². The van der Waals surface area contributed by atoms with Gasteiger partial charge in [0.1, 0.15) is 5.75 Å². The molecule has 0 aliphatic rings. The highest BCUT2D eigenvalue weighted by Crippen LogP contribution is 2.34. The lowest BCUT2D eigenvalue weighted by Crippen LogP contribution is -2.06. The predicted octanol–water partition coefficient (Wildman–Crippen LogP) is 3.76. The van der Waals surface area contributed by atoms with Crippen LogP contribution in [0.2, 0.25) is 0 Å². The molecular weight excluding hydrogens is 303 g/mol. The Morgan fingerprint density at radius 3 is 2.36 bits per heavy atom. The summed E-state index contributed by atoms with van der Waals surface area (Å²) >= 11 is 0. The quantitative estimate of drug-likeness (QED) is 0.639. The fourth-order valence-corrected chi connectivity index (χ4v) is 1.88. The fraction of sp³-hybridized carbons (Fsp3) is 0.308. The Hall–Kier alpha value is -2.58. The van der Waals surface area contributed by atoms with Crippen molar-refractivity contribution < 1.29 is 22.8 Å². The lowest BCUT2D eigenvalue weighted by Gasteiger charge is -2.09. The molecule has 1 aromatic heterocycles. The van der Waals surface area contributed by atoms with Crippen LogP contribution >= 0.6 is 0 Å². The van der Waals surface area contributed by atoms with Gasteiger partial charge in [0.05, 0.1) is 4.92 Å². The molecule has 0 N–H and O–H groups in total. The van der Waals surface area contributed by atoms with Crippen LogP contribution in [-0.4, -0.2) is 14.7 Å². The number of nitrogens with zero attached hydrogens (tertiary/aromatic N) is 3. The average molecular weight is 315 g/mol. The van der Waals surface area contributed by atoms with Gasteiger partial charge in [-0.1, -0.05) is 0 Å². The van der Waals surface area contributed by atoms with E-state index in [0.29, 0.717) is 11.1 Å². The van der Waals surface area contributed by atoms with E-state index in [9.17, 15) is 23.3 Å². The normalized spacial score (nSPS) is 11.5. The highest BCUT2D eigenvalue weighted by Gasteiger charge is 2.35. The number of aromatic nitrogens is 2. The lowest BCUT2D eigenvalue weighted by molar-refractivity contribution is -0.385. The molecule has 22 heavy (non-hydrogen) atoms. The summed E-state index contributed by atoms with van der Waals surface area (Å²) in [5, 5.41) is 14.2. The van der Waals surface area contributed by atoms with Crippen LogP contribution in [0, 0.1) is 24.0 Å². The third-order valence-electron chi connectivity index (χ3n) is 3.03. The van der Waals surface area contributed by atoms with Crippen molar-refractivity contribution in [3.63, 3.8) is 0 Å². The Morgan fingerprint density at radius 2 is 1.86 bits per heavy atom. The number of ether oxygens (including phenoxy) is 1. The molecule has 0 unspecified atom stereocenters. The molecule has 6 nitrogen and oxygen atoms in total. The average Bonchev–Trinajstić information content (AvgIpc) is 2.74. The number of hydrogen-bond donors (Lipinski definition) is 0. The van der Waals surface area contributed by atoms with Gasteiger partial charge in [-0.15, -0.1) is 0 Å². The van der Waals surface area contributed by atoms with Gasteiger partial charge in [0.25, 0.3) is 5.69 Å². The van der Waals surface area contributed by atoms with E-state index >= 15 is 0 Å². The first-order valence-corrected chi connectivity index (χ1v) is 6.14. The number of aryl methyl sites for hydroxylation is 3. The molecule has 0 radical (unpaired) electrons. The van der Waals surface area contributed by atoms with Crippen molar-refractivity contribution in [1.82, 2.24) is 9.78 Å². The molecule has 0 atom stereocenters. The largest absolute Gasteiger partial charge is 0.439 e. The number of nitro groups is 1. The summed E-state index contributed by atoms with van der Waals surface area (Å²) < 4.78 is 44.2. The van der Waals surface area contributed by atoms with Gasteiger partial charge >= 0.3 is 6.18 Å². The fourth-order valence-electron chi connectivity index (χ4n) is 1.88. The minimum Gasteiger partial charge on any atom is -0.439 e. The van der Waals surface area contributed by atoms with E-state index < -0.39 is 16.8 Å². The molecule has 2 rings (SSSR count). The maximum atomic E-state index is 12.6. The molecular formula is C13H12F3N3O3. The zero-order valence-electron chi connectivity index (χ0n) is 11.9. The van der Waals surface area contributed by atoms with Gasteiger partial charge < -0.3 is 4.74 Å². The van der Waals surface area contributed by atoms with E-state index in [-0.39, 0.29) is 17.3 Å². The molecule has 1 heterocycles. The van der Waals surface area contributed by atoms with Crippen LogP contribution in [0.15, 0.2) is 18.2 Å². The maximum Gasteiger partial charge on any atom is 0.435 e. The van der Waals surface area contributed by atoms with E-state index in [2.05, 4.69) is 5.10 Å². The highest BCUT2D eigenvalue weighted by atomic mass is 19.4. The number of rotatable bonds is 3. The second kappa shape index (κ2) is 5.32. The first-order valence-electron chi connectivity index (χ1n) is 6.14. The van der Waals surface area contributed by atoms with E-state index in [1.807, 2.05) is 0 Å². The van der Waals surface area contributed by atoms with E-state index in [1.54, 1.807) is 6.92 Å². The SMILES string of the molecule is Cc1cc([N+](=O)[O-])c(C)cc1Oc1cc(C(F)(F)F)nn1C. The van der Waals surface area contributed by atoms with Crippen LogP contribution in [0.25, 0.3) is 0 Å². The Bertz CT molecular complexity index is 738. The van der Waals surface area contributed by atoms with Gasteiger partial charge in [-0.3, -0.25) is 10.1 Å². The van der Waals surface area contributed by atoms with Crippen LogP contribution < -0.4 is 4.74 Å².